The molecule has 1 atom stereocenters. The predicted molar refractivity (Wildman–Crippen MR) is 85.7 cm³/mol. The second-order valence-corrected chi connectivity index (χ2v) is 6.07. The van der Waals surface area contributed by atoms with Crippen LogP contribution in [0, 0.1) is 0 Å². The smallest absolute Gasteiger partial charge is 0.407 e. The van der Waals surface area contributed by atoms with E-state index in [1.807, 2.05) is 36.1 Å². The van der Waals surface area contributed by atoms with Gasteiger partial charge in [0.15, 0.2) is 11.4 Å². The third kappa shape index (κ3) is 2.15. The minimum Gasteiger partial charge on any atom is -0.439 e. The Morgan fingerprint density at radius 1 is 1.35 bits per heavy atom. The second kappa shape index (κ2) is 4.97. The van der Waals surface area contributed by atoms with Crippen molar-refractivity contribution in [1.82, 2.24) is 14.9 Å². The average Bonchev–Trinajstić information content (AvgIpc) is 3.13. The van der Waals surface area contributed by atoms with Crippen molar-refractivity contribution >= 4 is 22.9 Å². The van der Waals surface area contributed by atoms with Crippen LogP contribution in [0.1, 0.15) is 13.3 Å². The normalized spacial score (nSPS) is 23.5. The Labute approximate surface area is 132 Å². The van der Waals surface area contributed by atoms with Crippen molar-refractivity contribution in [2.45, 2.75) is 25.5 Å². The largest absolute Gasteiger partial charge is 0.439 e. The number of rotatable bonds is 2. The summed E-state index contributed by atoms with van der Waals surface area (Å²) < 4.78 is 7.15. The van der Waals surface area contributed by atoms with Crippen LogP contribution in [0.3, 0.4) is 0 Å². The van der Waals surface area contributed by atoms with E-state index in [9.17, 15) is 9.59 Å². The van der Waals surface area contributed by atoms with Crippen molar-refractivity contribution in [3.63, 3.8) is 0 Å². The fraction of sp³-hybridized carbons (Fsp3) is 0.438. The topological polar surface area (TPSA) is 76.5 Å². The highest BCUT2D eigenvalue weighted by molar-refractivity contribution is 5.76. The first kappa shape index (κ1) is 14.0. The van der Waals surface area contributed by atoms with Gasteiger partial charge in [-0.1, -0.05) is 12.1 Å². The van der Waals surface area contributed by atoms with Gasteiger partial charge >= 0.3 is 6.09 Å². The Bertz CT molecular complexity index is 847. The van der Waals surface area contributed by atoms with Gasteiger partial charge in [0.05, 0.1) is 24.1 Å². The second-order valence-electron chi connectivity index (χ2n) is 6.07. The van der Waals surface area contributed by atoms with Crippen LogP contribution in [-0.2, 0) is 11.3 Å². The molecule has 120 valence electrons. The summed E-state index contributed by atoms with van der Waals surface area (Å²) in [5, 5.41) is 2.70. The molecule has 1 amide bonds. The summed E-state index contributed by atoms with van der Waals surface area (Å²) in [7, 11) is 0. The van der Waals surface area contributed by atoms with Crippen molar-refractivity contribution in [1.29, 1.82) is 0 Å². The first-order valence-corrected chi connectivity index (χ1v) is 7.83. The van der Waals surface area contributed by atoms with Crippen LogP contribution in [-0.4, -0.2) is 40.9 Å². The van der Waals surface area contributed by atoms with E-state index >= 15 is 0 Å². The number of anilines is 1. The van der Waals surface area contributed by atoms with Crippen LogP contribution in [0.5, 0.6) is 0 Å². The average molecular weight is 314 g/mol. The molecular weight excluding hydrogens is 296 g/mol. The van der Waals surface area contributed by atoms with Crippen molar-refractivity contribution in [3.05, 3.63) is 34.6 Å². The number of carbonyl (C=O) groups is 1. The van der Waals surface area contributed by atoms with Gasteiger partial charge in [-0.05, 0) is 19.1 Å². The lowest BCUT2D eigenvalue weighted by Crippen LogP contribution is -2.39. The summed E-state index contributed by atoms with van der Waals surface area (Å²) in [6.07, 6.45) is 0.315. The number of hydrogen-bond donors (Lipinski definition) is 1. The van der Waals surface area contributed by atoms with Gasteiger partial charge in [0.2, 0.25) is 0 Å². The first-order chi connectivity index (χ1) is 11.1. The molecule has 3 heterocycles. The zero-order valence-corrected chi connectivity index (χ0v) is 12.9. The molecule has 7 nitrogen and oxygen atoms in total. The Kier molecular flexibility index (Phi) is 3.04. The number of nitrogens with zero attached hydrogens (tertiary/aromatic N) is 3. The molecule has 2 fully saturated rings. The predicted octanol–water partition coefficient (Wildman–Crippen LogP) is 1.11. The number of fused-ring (bicyclic) bond motifs is 1. The Morgan fingerprint density at radius 2 is 2.17 bits per heavy atom. The number of ether oxygens (including phenoxy) is 1. The molecule has 1 aromatic carbocycles. The minimum atomic E-state index is -0.534. The highest BCUT2D eigenvalue weighted by Crippen LogP contribution is 2.30. The van der Waals surface area contributed by atoms with E-state index in [0.29, 0.717) is 38.4 Å². The maximum atomic E-state index is 12.8. The molecule has 0 saturated carbocycles. The van der Waals surface area contributed by atoms with Gasteiger partial charge in [0.25, 0.3) is 5.56 Å². The lowest BCUT2D eigenvalue weighted by molar-refractivity contribution is 0.0745. The lowest BCUT2D eigenvalue weighted by Gasteiger charge is -2.22. The third-order valence-electron chi connectivity index (χ3n) is 4.63. The molecule has 0 radical (unpaired) electrons. The minimum absolute atomic E-state index is 0.0967. The first-order valence-electron chi connectivity index (χ1n) is 7.83. The number of aromatic nitrogens is 2. The van der Waals surface area contributed by atoms with Crippen LogP contribution in [0.4, 0.5) is 10.6 Å². The molecule has 2 saturated heterocycles. The van der Waals surface area contributed by atoms with Crippen molar-refractivity contribution in [3.8, 4) is 0 Å². The van der Waals surface area contributed by atoms with Gasteiger partial charge in [0, 0.05) is 19.5 Å². The number of benzene rings is 1. The summed E-state index contributed by atoms with van der Waals surface area (Å²) in [6, 6.07) is 7.64. The maximum absolute atomic E-state index is 12.8. The van der Waals surface area contributed by atoms with E-state index in [0.717, 1.165) is 11.0 Å². The van der Waals surface area contributed by atoms with E-state index in [1.54, 1.807) is 4.57 Å². The molecule has 1 spiro atoms. The summed E-state index contributed by atoms with van der Waals surface area (Å²) in [4.78, 5) is 30.7. The van der Waals surface area contributed by atoms with Gasteiger partial charge in [0.1, 0.15) is 0 Å². The van der Waals surface area contributed by atoms with Crippen molar-refractivity contribution in [2.24, 2.45) is 0 Å². The molecule has 0 bridgehead atoms. The molecule has 1 N–H and O–H groups in total. The summed E-state index contributed by atoms with van der Waals surface area (Å²) in [6.45, 7) is 4.17. The van der Waals surface area contributed by atoms with Gasteiger partial charge in [-0.2, -0.15) is 0 Å². The number of nitrogens with one attached hydrogen (secondary N) is 1. The van der Waals surface area contributed by atoms with Crippen LogP contribution in [0.25, 0.3) is 11.0 Å². The molecule has 0 unspecified atom stereocenters. The number of aryl methyl sites for hydroxylation is 1. The van der Waals surface area contributed by atoms with Gasteiger partial charge in [-0.15, -0.1) is 0 Å². The van der Waals surface area contributed by atoms with Gasteiger partial charge in [-0.3, -0.25) is 4.79 Å². The van der Waals surface area contributed by atoms with Gasteiger partial charge in [-0.25, -0.2) is 9.78 Å². The number of alkyl carbamates (subject to hydrolysis) is 1. The molecule has 2 aliphatic rings. The lowest BCUT2D eigenvalue weighted by atomic mass is 10.0. The number of amides is 1. The van der Waals surface area contributed by atoms with Crippen molar-refractivity contribution in [2.75, 3.05) is 24.5 Å². The fourth-order valence-electron chi connectivity index (χ4n) is 3.45. The molecule has 7 heteroatoms. The quantitative estimate of drug-likeness (QED) is 0.898. The number of carbonyl (C=O) groups excluding carboxylic acids is 1. The molecule has 2 aliphatic heterocycles. The number of hydrogen-bond acceptors (Lipinski definition) is 5. The zero-order valence-electron chi connectivity index (χ0n) is 12.9. The van der Waals surface area contributed by atoms with E-state index in [1.165, 1.54) is 0 Å². The Balaban J connectivity index is 1.76. The van der Waals surface area contributed by atoms with Crippen LogP contribution in [0.2, 0.25) is 0 Å². The zero-order chi connectivity index (χ0) is 16.0. The van der Waals surface area contributed by atoms with E-state index in [4.69, 9.17) is 4.74 Å². The molecule has 23 heavy (non-hydrogen) atoms. The van der Waals surface area contributed by atoms with Crippen molar-refractivity contribution < 1.29 is 9.53 Å². The van der Waals surface area contributed by atoms with E-state index in [-0.39, 0.29) is 11.7 Å². The molecule has 2 aromatic rings. The SMILES string of the molecule is CCn1c(=O)c(N2CC[C@]3(CNC(=O)O3)C2)nc2ccccc21. The highest BCUT2D eigenvalue weighted by Gasteiger charge is 2.46. The Hall–Kier alpha value is -2.57. The van der Waals surface area contributed by atoms with E-state index in [2.05, 4.69) is 10.3 Å². The fourth-order valence-corrected chi connectivity index (χ4v) is 3.45. The number of para-hydroxylation sites is 2. The maximum Gasteiger partial charge on any atom is 0.407 e. The standard InChI is InChI=1S/C16H18N4O3/c1-2-20-12-6-4-3-5-11(12)18-13(14(20)21)19-8-7-16(10-19)9-17-15(22)23-16/h3-6H,2,7-10H2,1H3,(H,17,22)/t16-/m0/s1. The molecule has 4 rings (SSSR count). The highest BCUT2D eigenvalue weighted by atomic mass is 16.6. The summed E-state index contributed by atoms with van der Waals surface area (Å²) >= 11 is 0. The monoisotopic (exact) mass is 314 g/mol. The van der Waals surface area contributed by atoms with Crippen LogP contribution >= 0.6 is 0 Å². The summed E-state index contributed by atoms with van der Waals surface area (Å²) in [5.74, 6) is 0.436. The third-order valence-corrected chi connectivity index (χ3v) is 4.63. The summed E-state index contributed by atoms with van der Waals surface area (Å²) in [5.41, 5.74) is 1.01. The molecule has 1 aromatic heterocycles. The molecular formula is C16H18N4O3. The molecule has 0 aliphatic carbocycles. The van der Waals surface area contributed by atoms with Crippen LogP contribution < -0.4 is 15.8 Å². The van der Waals surface area contributed by atoms with E-state index < -0.39 is 5.60 Å². The van der Waals surface area contributed by atoms with Gasteiger partial charge < -0.3 is 19.5 Å². The van der Waals surface area contributed by atoms with Crippen LogP contribution in [0.15, 0.2) is 29.1 Å². The Morgan fingerprint density at radius 3 is 2.91 bits per heavy atom.